The number of Topliss-reactive ketones (excluding diaryl/α,β-unsaturated/α-hetero) is 1. The second-order valence-corrected chi connectivity index (χ2v) is 8.98. The van der Waals surface area contributed by atoms with Crippen molar-refractivity contribution in [3.63, 3.8) is 0 Å². The number of piperazine rings is 1. The number of carbonyl (C=O) groups excluding carboxylic acids is 1. The summed E-state index contributed by atoms with van der Waals surface area (Å²) in [6.45, 7) is 16.4. The van der Waals surface area contributed by atoms with E-state index < -0.39 is 0 Å². The Morgan fingerprint density at radius 1 is 1.00 bits per heavy atom. The minimum absolute atomic E-state index is 0.171. The van der Waals surface area contributed by atoms with Crippen molar-refractivity contribution < 1.29 is 4.79 Å². The Kier molecular flexibility index (Phi) is 5.99. The Hall–Kier alpha value is -0.450. The van der Waals surface area contributed by atoms with Crippen LogP contribution in [0.1, 0.15) is 47.0 Å². The van der Waals surface area contributed by atoms with Gasteiger partial charge in [-0.3, -0.25) is 14.6 Å². The van der Waals surface area contributed by atoms with Gasteiger partial charge in [0, 0.05) is 57.3 Å². The number of carbonyl (C=O) groups is 1. The lowest BCUT2D eigenvalue weighted by atomic mass is 9.71. The molecule has 0 N–H and O–H groups in total. The topological polar surface area (TPSA) is 26.8 Å². The van der Waals surface area contributed by atoms with Crippen LogP contribution >= 0.6 is 0 Å². The summed E-state index contributed by atoms with van der Waals surface area (Å²) >= 11 is 0. The van der Waals surface area contributed by atoms with Crippen molar-refractivity contribution in [1.82, 2.24) is 14.7 Å². The van der Waals surface area contributed by atoms with Gasteiger partial charge in [0.15, 0.2) is 0 Å². The third kappa shape index (κ3) is 4.20. The number of hydrogen-bond acceptors (Lipinski definition) is 4. The van der Waals surface area contributed by atoms with Gasteiger partial charge in [0.25, 0.3) is 0 Å². The normalized spacial score (nSPS) is 32.8. The van der Waals surface area contributed by atoms with Gasteiger partial charge in [-0.25, -0.2) is 0 Å². The molecule has 0 amide bonds. The molecule has 0 aromatic rings. The zero-order valence-corrected chi connectivity index (χ0v) is 16.2. The average molecular weight is 336 g/mol. The Balaban J connectivity index is 1.43. The van der Waals surface area contributed by atoms with Crippen LogP contribution < -0.4 is 0 Å². The van der Waals surface area contributed by atoms with Crippen LogP contribution in [0.25, 0.3) is 0 Å². The maximum Gasteiger partial charge on any atom is 0.149 e. The quantitative estimate of drug-likeness (QED) is 0.744. The summed E-state index contributed by atoms with van der Waals surface area (Å²) in [5.41, 5.74) is 0. The molecule has 0 spiro atoms. The Bertz CT molecular complexity index is 429. The SMILES string of the molecule is CC(C)C(=O)CN1CCN(C[C@@H]2C[C@H]3CC[C@@H]2CN3C(C)C)CC1. The van der Waals surface area contributed by atoms with Crippen molar-refractivity contribution in [3.8, 4) is 0 Å². The van der Waals surface area contributed by atoms with E-state index in [1.807, 2.05) is 13.8 Å². The minimum Gasteiger partial charge on any atom is -0.301 e. The van der Waals surface area contributed by atoms with E-state index in [1.165, 1.54) is 32.4 Å². The highest BCUT2D eigenvalue weighted by atomic mass is 16.1. The first kappa shape index (κ1) is 18.3. The minimum atomic E-state index is 0.171. The zero-order chi connectivity index (χ0) is 17.3. The zero-order valence-electron chi connectivity index (χ0n) is 16.2. The lowest BCUT2D eigenvalue weighted by Crippen LogP contribution is -2.57. The lowest BCUT2D eigenvalue weighted by molar-refractivity contribution is -0.123. The highest BCUT2D eigenvalue weighted by molar-refractivity contribution is 5.82. The van der Waals surface area contributed by atoms with Crippen LogP contribution in [0.15, 0.2) is 0 Å². The van der Waals surface area contributed by atoms with Crippen molar-refractivity contribution in [2.24, 2.45) is 17.8 Å². The van der Waals surface area contributed by atoms with Gasteiger partial charge in [-0.15, -0.1) is 0 Å². The van der Waals surface area contributed by atoms with E-state index in [-0.39, 0.29) is 5.92 Å². The number of fused-ring (bicyclic) bond motifs is 3. The number of hydrogen-bond donors (Lipinski definition) is 0. The summed E-state index contributed by atoms with van der Waals surface area (Å²) < 4.78 is 0. The summed E-state index contributed by atoms with van der Waals surface area (Å²) in [6, 6.07) is 1.55. The molecule has 0 unspecified atom stereocenters. The molecule has 3 atom stereocenters. The second-order valence-electron chi connectivity index (χ2n) is 8.98. The first-order chi connectivity index (χ1) is 11.4. The van der Waals surface area contributed by atoms with Crippen LogP contribution in [0.2, 0.25) is 0 Å². The van der Waals surface area contributed by atoms with Crippen LogP contribution in [0.5, 0.6) is 0 Å². The molecular weight excluding hydrogens is 298 g/mol. The Labute approximate surface area is 148 Å². The van der Waals surface area contributed by atoms with Gasteiger partial charge >= 0.3 is 0 Å². The van der Waals surface area contributed by atoms with Crippen LogP contribution in [0.4, 0.5) is 0 Å². The van der Waals surface area contributed by atoms with E-state index in [1.54, 1.807) is 0 Å². The molecule has 1 saturated carbocycles. The molecule has 4 rings (SSSR count). The molecule has 3 aliphatic heterocycles. The van der Waals surface area contributed by atoms with Crippen molar-refractivity contribution in [2.75, 3.05) is 45.8 Å². The fourth-order valence-electron chi connectivity index (χ4n) is 4.98. The summed E-state index contributed by atoms with van der Waals surface area (Å²) in [4.78, 5) is 19.7. The van der Waals surface area contributed by atoms with Gasteiger partial charge in [-0.1, -0.05) is 13.8 Å². The molecule has 4 fully saturated rings. The maximum atomic E-state index is 11.9. The summed E-state index contributed by atoms with van der Waals surface area (Å²) in [5, 5.41) is 0. The van der Waals surface area contributed by atoms with Crippen molar-refractivity contribution in [3.05, 3.63) is 0 Å². The standard InChI is InChI=1S/C20H37N3O/c1-15(2)20(24)14-22-9-7-21(8-10-22)12-18-11-19-6-5-17(18)13-23(19)16(3)4/h15-19H,5-14H2,1-4H3/t17-,18+,19-/m1/s1. The molecular formula is C20H37N3O. The van der Waals surface area contributed by atoms with Crippen molar-refractivity contribution in [2.45, 2.75) is 59.0 Å². The molecule has 0 aromatic carbocycles. The highest BCUT2D eigenvalue weighted by Crippen LogP contribution is 2.40. The fourth-order valence-corrected chi connectivity index (χ4v) is 4.98. The maximum absolute atomic E-state index is 11.9. The van der Waals surface area contributed by atoms with E-state index in [0.717, 1.165) is 44.1 Å². The molecule has 138 valence electrons. The molecule has 4 heteroatoms. The van der Waals surface area contributed by atoms with Gasteiger partial charge in [-0.05, 0) is 44.9 Å². The van der Waals surface area contributed by atoms with Gasteiger partial charge < -0.3 is 4.90 Å². The van der Waals surface area contributed by atoms with E-state index in [2.05, 4.69) is 28.5 Å². The number of rotatable bonds is 6. The van der Waals surface area contributed by atoms with E-state index in [9.17, 15) is 4.79 Å². The average Bonchev–Trinajstić information content (AvgIpc) is 2.57. The molecule has 0 radical (unpaired) electrons. The fraction of sp³-hybridized carbons (Fsp3) is 0.950. The molecule has 24 heavy (non-hydrogen) atoms. The van der Waals surface area contributed by atoms with E-state index in [4.69, 9.17) is 0 Å². The first-order valence-corrected chi connectivity index (χ1v) is 10.2. The largest absolute Gasteiger partial charge is 0.301 e. The van der Waals surface area contributed by atoms with Crippen LogP contribution in [-0.4, -0.2) is 78.4 Å². The molecule has 4 nitrogen and oxygen atoms in total. The number of nitrogens with zero attached hydrogens (tertiary/aromatic N) is 3. The Morgan fingerprint density at radius 3 is 2.21 bits per heavy atom. The van der Waals surface area contributed by atoms with Crippen LogP contribution in [0, 0.1) is 17.8 Å². The predicted octanol–water partition coefficient (Wildman–Crippen LogP) is 2.34. The number of ketones is 1. The third-order valence-corrected chi connectivity index (χ3v) is 6.67. The van der Waals surface area contributed by atoms with E-state index in [0.29, 0.717) is 18.4 Å². The second kappa shape index (κ2) is 7.84. The number of piperidine rings is 2. The first-order valence-electron chi connectivity index (χ1n) is 10.2. The Morgan fingerprint density at radius 2 is 1.67 bits per heavy atom. The van der Waals surface area contributed by atoms with Crippen molar-refractivity contribution in [1.29, 1.82) is 0 Å². The third-order valence-electron chi connectivity index (χ3n) is 6.67. The van der Waals surface area contributed by atoms with Gasteiger partial charge in [-0.2, -0.15) is 0 Å². The molecule has 0 aromatic heterocycles. The summed E-state index contributed by atoms with van der Waals surface area (Å²) in [6.07, 6.45) is 4.28. The van der Waals surface area contributed by atoms with Crippen LogP contribution in [0.3, 0.4) is 0 Å². The smallest absolute Gasteiger partial charge is 0.149 e. The summed E-state index contributed by atoms with van der Waals surface area (Å²) in [5.74, 6) is 2.38. The van der Waals surface area contributed by atoms with Crippen molar-refractivity contribution >= 4 is 5.78 Å². The molecule has 4 aliphatic rings. The predicted molar refractivity (Wildman–Crippen MR) is 99.2 cm³/mol. The molecule has 1 aliphatic carbocycles. The van der Waals surface area contributed by atoms with Gasteiger partial charge in [0.05, 0.1) is 6.54 Å². The molecule has 3 saturated heterocycles. The van der Waals surface area contributed by atoms with Crippen LogP contribution in [-0.2, 0) is 4.79 Å². The highest BCUT2D eigenvalue weighted by Gasteiger charge is 2.41. The monoisotopic (exact) mass is 335 g/mol. The van der Waals surface area contributed by atoms with Gasteiger partial charge in [0.1, 0.15) is 5.78 Å². The lowest BCUT2D eigenvalue weighted by Gasteiger charge is -2.52. The van der Waals surface area contributed by atoms with E-state index >= 15 is 0 Å². The molecule has 2 bridgehead atoms. The van der Waals surface area contributed by atoms with Gasteiger partial charge in [0.2, 0.25) is 0 Å². The molecule has 3 heterocycles. The summed E-state index contributed by atoms with van der Waals surface area (Å²) in [7, 11) is 0.